The molecule has 1 aromatic carbocycles. The fraction of sp³-hybridized carbons (Fsp3) is 0.538. The molecule has 0 amide bonds. The minimum atomic E-state index is 0.764. The molecule has 0 N–H and O–H groups in total. The van der Waals surface area contributed by atoms with Gasteiger partial charge in [0.25, 0.3) is 0 Å². The van der Waals surface area contributed by atoms with E-state index in [1.165, 1.54) is 12.8 Å². The minimum Gasteiger partial charge on any atom is -0.492 e. The van der Waals surface area contributed by atoms with E-state index in [4.69, 9.17) is 4.74 Å². The molecule has 0 saturated heterocycles. The lowest BCUT2D eigenvalue weighted by molar-refractivity contribution is 0.210. The van der Waals surface area contributed by atoms with Gasteiger partial charge < -0.3 is 4.74 Å². The molecule has 0 bridgehead atoms. The summed E-state index contributed by atoms with van der Waals surface area (Å²) in [6, 6.07) is 8.81. The van der Waals surface area contributed by atoms with Crippen molar-refractivity contribution in [3.63, 3.8) is 0 Å². The predicted octanol–water partition coefficient (Wildman–Crippen LogP) is 3.69. The molecule has 1 saturated carbocycles. The minimum absolute atomic E-state index is 0.764. The van der Waals surface area contributed by atoms with Crippen molar-refractivity contribution in [1.29, 1.82) is 0 Å². The molecule has 0 atom stereocenters. The Morgan fingerprint density at radius 3 is 2.76 bits per heavy atom. The maximum atomic E-state index is 5.75. The molecule has 2 nitrogen and oxygen atoms in total. The van der Waals surface area contributed by atoms with Gasteiger partial charge in [-0.1, -0.05) is 37.9 Å². The fourth-order valence-electron chi connectivity index (χ4n) is 1.86. The van der Waals surface area contributed by atoms with E-state index in [1.54, 1.807) is 0 Å². The van der Waals surface area contributed by atoms with Crippen molar-refractivity contribution >= 4 is 31.9 Å². The summed E-state index contributed by atoms with van der Waals surface area (Å²) in [7, 11) is 0. The molecular weight excluding hydrogens is 346 g/mol. The van der Waals surface area contributed by atoms with Gasteiger partial charge in [0.15, 0.2) is 0 Å². The Bertz CT molecular complexity index is 355. The highest BCUT2D eigenvalue weighted by Gasteiger charge is 2.27. The second kappa shape index (κ2) is 6.76. The van der Waals surface area contributed by atoms with Crippen LogP contribution in [0.3, 0.4) is 0 Å². The van der Waals surface area contributed by atoms with Gasteiger partial charge in [-0.05, 0) is 31.0 Å². The monoisotopic (exact) mass is 361 g/mol. The van der Waals surface area contributed by atoms with Crippen LogP contribution in [0.25, 0.3) is 0 Å². The fourth-order valence-corrected chi connectivity index (χ4v) is 2.70. The molecule has 0 radical (unpaired) electrons. The number of rotatable bonds is 7. The van der Waals surface area contributed by atoms with Crippen LogP contribution in [0.5, 0.6) is 5.75 Å². The molecule has 1 aromatic rings. The Hall–Kier alpha value is -0.0600. The van der Waals surface area contributed by atoms with Crippen LogP contribution in [0, 0.1) is 0 Å². The molecular formula is C13H17Br2NO. The van der Waals surface area contributed by atoms with E-state index in [2.05, 4.69) is 36.8 Å². The van der Waals surface area contributed by atoms with Crippen LogP contribution >= 0.6 is 31.9 Å². The third-order valence-corrected chi connectivity index (χ3v) is 3.73. The zero-order chi connectivity index (χ0) is 12.1. The molecule has 0 heterocycles. The second-order valence-corrected chi connectivity index (χ2v) is 5.97. The molecule has 94 valence electrons. The first kappa shape index (κ1) is 13.4. The summed E-state index contributed by atoms with van der Waals surface area (Å²) in [5.74, 6) is 0.939. The molecule has 0 aliphatic heterocycles. The van der Waals surface area contributed by atoms with Gasteiger partial charge in [0.2, 0.25) is 0 Å². The average Bonchev–Trinajstić information content (AvgIpc) is 3.12. The normalized spacial score (nSPS) is 15.2. The molecule has 1 aliphatic carbocycles. The molecule has 2 rings (SSSR count). The second-order valence-electron chi connectivity index (χ2n) is 4.26. The standard InChI is InChI=1S/C13H17Br2NO/c14-6-7-16(12-4-5-12)8-9-17-13-3-1-2-11(15)10-13/h1-3,10,12H,4-9H2. The van der Waals surface area contributed by atoms with Crippen molar-refractivity contribution in [3.8, 4) is 5.75 Å². The Balaban J connectivity index is 1.74. The lowest BCUT2D eigenvalue weighted by Crippen LogP contribution is -2.32. The van der Waals surface area contributed by atoms with Gasteiger partial charge in [-0.25, -0.2) is 0 Å². The third kappa shape index (κ3) is 4.60. The van der Waals surface area contributed by atoms with Gasteiger partial charge in [0, 0.05) is 28.9 Å². The van der Waals surface area contributed by atoms with Gasteiger partial charge in [-0.15, -0.1) is 0 Å². The zero-order valence-electron chi connectivity index (χ0n) is 9.74. The highest BCUT2D eigenvalue weighted by atomic mass is 79.9. The number of benzene rings is 1. The smallest absolute Gasteiger partial charge is 0.120 e. The van der Waals surface area contributed by atoms with Crippen molar-refractivity contribution in [2.75, 3.05) is 25.0 Å². The van der Waals surface area contributed by atoms with E-state index in [-0.39, 0.29) is 0 Å². The number of hydrogen-bond acceptors (Lipinski definition) is 2. The van der Waals surface area contributed by atoms with Crippen LogP contribution in [0.1, 0.15) is 12.8 Å². The first-order chi connectivity index (χ1) is 8.29. The van der Waals surface area contributed by atoms with E-state index >= 15 is 0 Å². The van der Waals surface area contributed by atoms with Crippen LogP contribution in [-0.2, 0) is 0 Å². The molecule has 0 unspecified atom stereocenters. The summed E-state index contributed by atoms with van der Waals surface area (Å²) in [6.45, 7) is 2.90. The lowest BCUT2D eigenvalue weighted by Gasteiger charge is -2.20. The first-order valence-electron chi connectivity index (χ1n) is 5.98. The largest absolute Gasteiger partial charge is 0.492 e. The number of hydrogen-bond donors (Lipinski definition) is 0. The summed E-state index contributed by atoms with van der Waals surface area (Å²) in [5, 5.41) is 1.04. The van der Waals surface area contributed by atoms with Crippen molar-refractivity contribution in [3.05, 3.63) is 28.7 Å². The number of halogens is 2. The summed E-state index contributed by atoms with van der Waals surface area (Å²) >= 11 is 6.95. The summed E-state index contributed by atoms with van der Waals surface area (Å²) < 4.78 is 6.82. The molecule has 1 fully saturated rings. The molecule has 1 aliphatic rings. The Labute approximate surface area is 120 Å². The lowest BCUT2D eigenvalue weighted by atomic mass is 10.3. The van der Waals surface area contributed by atoms with Gasteiger partial charge in [0.1, 0.15) is 12.4 Å². The van der Waals surface area contributed by atoms with Crippen molar-refractivity contribution in [1.82, 2.24) is 4.90 Å². The quantitative estimate of drug-likeness (QED) is 0.686. The van der Waals surface area contributed by atoms with Crippen LogP contribution in [-0.4, -0.2) is 36.0 Å². The van der Waals surface area contributed by atoms with Crippen LogP contribution < -0.4 is 4.74 Å². The van der Waals surface area contributed by atoms with Gasteiger partial charge in [0.05, 0.1) is 0 Å². The average molecular weight is 363 g/mol. The summed E-state index contributed by atoms with van der Waals surface area (Å²) in [5.41, 5.74) is 0. The van der Waals surface area contributed by atoms with Crippen molar-refractivity contribution in [2.24, 2.45) is 0 Å². The summed E-state index contributed by atoms with van der Waals surface area (Å²) in [6.07, 6.45) is 2.70. The highest BCUT2D eigenvalue weighted by Crippen LogP contribution is 2.26. The van der Waals surface area contributed by atoms with Crippen LogP contribution in [0.4, 0.5) is 0 Å². The van der Waals surface area contributed by atoms with E-state index in [1.807, 2.05) is 24.3 Å². The SMILES string of the molecule is BrCCN(CCOc1cccc(Br)c1)C1CC1. The topological polar surface area (TPSA) is 12.5 Å². The van der Waals surface area contributed by atoms with E-state index in [9.17, 15) is 0 Å². The summed E-state index contributed by atoms with van der Waals surface area (Å²) in [4.78, 5) is 2.51. The van der Waals surface area contributed by atoms with E-state index in [0.717, 1.165) is 41.3 Å². The molecule has 17 heavy (non-hydrogen) atoms. The van der Waals surface area contributed by atoms with Gasteiger partial charge in [-0.2, -0.15) is 0 Å². The van der Waals surface area contributed by atoms with Crippen LogP contribution in [0.15, 0.2) is 28.7 Å². The van der Waals surface area contributed by atoms with Gasteiger partial charge >= 0.3 is 0 Å². The molecule has 0 spiro atoms. The number of ether oxygens (including phenoxy) is 1. The molecule has 4 heteroatoms. The van der Waals surface area contributed by atoms with Crippen molar-refractivity contribution in [2.45, 2.75) is 18.9 Å². The zero-order valence-corrected chi connectivity index (χ0v) is 12.9. The van der Waals surface area contributed by atoms with E-state index < -0.39 is 0 Å². The highest BCUT2D eigenvalue weighted by molar-refractivity contribution is 9.10. The Kier molecular flexibility index (Phi) is 5.32. The maximum absolute atomic E-state index is 5.75. The van der Waals surface area contributed by atoms with Crippen molar-refractivity contribution < 1.29 is 4.74 Å². The van der Waals surface area contributed by atoms with Gasteiger partial charge in [-0.3, -0.25) is 4.90 Å². The maximum Gasteiger partial charge on any atom is 0.120 e. The Morgan fingerprint density at radius 1 is 1.29 bits per heavy atom. The van der Waals surface area contributed by atoms with Crippen LogP contribution in [0.2, 0.25) is 0 Å². The predicted molar refractivity (Wildman–Crippen MR) is 78.0 cm³/mol. The number of alkyl halides is 1. The Morgan fingerprint density at radius 2 is 2.12 bits per heavy atom. The third-order valence-electron chi connectivity index (χ3n) is 2.88. The number of nitrogens with zero attached hydrogens (tertiary/aromatic N) is 1. The van der Waals surface area contributed by atoms with E-state index in [0.29, 0.717) is 0 Å². The first-order valence-corrected chi connectivity index (χ1v) is 7.89. The molecule has 0 aromatic heterocycles.